The molecule has 0 saturated heterocycles. The van der Waals surface area contributed by atoms with Gasteiger partial charge >= 0.3 is 0 Å². The molecule has 0 amide bonds. The zero-order valence-corrected chi connectivity index (χ0v) is 14.0. The fourth-order valence-electron chi connectivity index (χ4n) is 1.94. The molecule has 4 nitrogen and oxygen atoms in total. The second-order valence-corrected chi connectivity index (χ2v) is 6.41. The fourth-order valence-corrected chi connectivity index (χ4v) is 2.70. The fraction of sp³-hybridized carbons (Fsp3) is 0.286. The van der Waals surface area contributed by atoms with Crippen molar-refractivity contribution in [3.8, 4) is 5.75 Å². The number of hydrogen-bond acceptors (Lipinski definition) is 4. The van der Waals surface area contributed by atoms with Gasteiger partial charge in [-0.2, -0.15) is 0 Å². The SMILES string of the molecule is COc1ccc(Br)cc1Nc1cc(Br)nc(C2CC2)n1. The highest BCUT2D eigenvalue weighted by Gasteiger charge is 2.27. The highest BCUT2D eigenvalue weighted by Crippen LogP contribution is 2.39. The summed E-state index contributed by atoms with van der Waals surface area (Å²) in [5.41, 5.74) is 0.870. The number of rotatable bonds is 4. The molecule has 6 heteroatoms. The lowest BCUT2D eigenvalue weighted by atomic mass is 10.3. The zero-order valence-electron chi connectivity index (χ0n) is 10.9. The second-order valence-electron chi connectivity index (χ2n) is 4.68. The maximum absolute atomic E-state index is 5.35. The van der Waals surface area contributed by atoms with Crippen LogP contribution in [0, 0.1) is 0 Å². The number of methoxy groups -OCH3 is 1. The molecule has 20 heavy (non-hydrogen) atoms. The molecule has 104 valence electrons. The van der Waals surface area contributed by atoms with Crippen molar-refractivity contribution < 1.29 is 4.74 Å². The van der Waals surface area contributed by atoms with E-state index in [-0.39, 0.29) is 0 Å². The van der Waals surface area contributed by atoms with Gasteiger partial charge in [-0.25, -0.2) is 9.97 Å². The topological polar surface area (TPSA) is 47.0 Å². The van der Waals surface area contributed by atoms with Crippen molar-refractivity contribution in [3.63, 3.8) is 0 Å². The molecule has 0 spiro atoms. The first-order valence-electron chi connectivity index (χ1n) is 6.31. The minimum atomic E-state index is 0.512. The van der Waals surface area contributed by atoms with Crippen molar-refractivity contribution in [2.45, 2.75) is 18.8 Å². The van der Waals surface area contributed by atoms with E-state index in [1.54, 1.807) is 7.11 Å². The first-order chi connectivity index (χ1) is 9.65. The normalized spacial score (nSPS) is 14.2. The van der Waals surface area contributed by atoms with Gasteiger partial charge in [0.15, 0.2) is 0 Å². The van der Waals surface area contributed by atoms with Crippen LogP contribution in [0.1, 0.15) is 24.6 Å². The first-order valence-corrected chi connectivity index (χ1v) is 7.89. The summed E-state index contributed by atoms with van der Waals surface area (Å²) >= 11 is 6.90. The van der Waals surface area contributed by atoms with Gasteiger partial charge in [0.2, 0.25) is 0 Å². The Bertz CT molecular complexity index is 644. The molecule has 1 saturated carbocycles. The average Bonchev–Trinajstić information content (AvgIpc) is 3.22. The predicted octanol–water partition coefficient (Wildman–Crippen LogP) is 4.63. The minimum absolute atomic E-state index is 0.512. The highest BCUT2D eigenvalue weighted by atomic mass is 79.9. The van der Waals surface area contributed by atoms with Crippen molar-refractivity contribution in [2.75, 3.05) is 12.4 Å². The Morgan fingerprint density at radius 2 is 2.00 bits per heavy atom. The molecule has 0 unspecified atom stereocenters. The van der Waals surface area contributed by atoms with Crippen LogP contribution >= 0.6 is 31.9 Å². The van der Waals surface area contributed by atoms with Crippen molar-refractivity contribution in [1.82, 2.24) is 9.97 Å². The van der Waals surface area contributed by atoms with Crippen LogP contribution in [0.3, 0.4) is 0 Å². The monoisotopic (exact) mass is 397 g/mol. The Morgan fingerprint density at radius 1 is 1.20 bits per heavy atom. The molecule has 3 rings (SSSR count). The minimum Gasteiger partial charge on any atom is -0.495 e. The van der Waals surface area contributed by atoms with Crippen molar-refractivity contribution in [3.05, 3.63) is 39.2 Å². The summed E-state index contributed by atoms with van der Waals surface area (Å²) in [4.78, 5) is 9.00. The number of ether oxygens (including phenoxy) is 1. The molecule has 0 aliphatic heterocycles. The van der Waals surface area contributed by atoms with Crippen LogP contribution in [0.5, 0.6) is 5.75 Å². The van der Waals surface area contributed by atoms with Gasteiger partial charge in [0.1, 0.15) is 22.0 Å². The molecule has 0 radical (unpaired) electrons. The molecule has 1 fully saturated rings. The van der Waals surface area contributed by atoms with Gasteiger partial charge in [0.25, 0.3) is 0 Å². The van der Waals surface area contributed by atoms with Gasteiger partial charge in [-0.3, -0.25) is 0 Å². The summed E-state index contributed by atoms with van der Waals surface area (Å²) in [5, 5.41) is 3.29. The number of halogens is 2. The maximum atomic E-state index is 5.35. The first kappa shape index (κ1) is 13.8. The number of anilines is 2. The van der Waals surface area contributed by atoms with E-state index in [2.05, 4.69) is 47.1 Å². The number of nitrogens with zero attached hydrogens (tertiary/aromatic N) is 2. The molecule has 2 aromatic rings. The van der Waals surface area contributed by atoms with E-state index in [0.717, 1.165) is 32.2 Å². The highest BCUT2D eigenvalue weighted by molar-refractivity contribution is 9.10. The Kier molecular flexibility index (Phi) is 3.94. The molecular weight excluding hydrogens is 386 g/mol. The lowest BCUT2D eigenvalue weighted by Gasteiger charge is -2.12. The summed E-state index contributed by atoms with van der Waals surface area (Å²) in [5.74, 6) is 2.95. The Morgan fingerprint density at radius 3 is 2.70 bits per heavy atom. The average molecular weight is 399 g/mol. The van der Waals surface area contributed by atoms with Crippen LogP contribution < -0.4 is 10.1 Å². The molecule has 1 aliphatic carbocycles. The predicted molar refractivity (Wildman–Crippen MR) is 85.7 cm³/mol. The Balaban J connectivity index is 1.92. The molecule has 1 N–H and O–H groups in total. The number of hydrogen-bond donors (Lipinski definition) is 1. The maximum Gasteiger partial charge on any atom is 0.142 e. The van der Waals surface area contributed by atoms with Gasteiger partial charge in [0, 0.05) is 16.5 Å². The number of aromatic nitrogens is 2. The third-order valence-electron chi connectivity index (χ3n) is 3.08. The van der Waals surface area contributed by atoms with E-state index in [1.807, 2.05) is 24.3 Å². The van der Waals surface area contributed by atoms with E-state index in [0.29, 0.717) is 5.92 Å². The molecular formula is C14H13Br2N3O. The second kappa shape index (κ2) is 5.69. The Labute approximate surface area is 134 Å². The van der Waals surface area contributed by atoms with Gasteiger partial charge < -0.3 is 10.1 Å². The van der Waals surface area contributed by atoms with E-state index >= 15 is 0 Å². The van der Waals surface area contributed by atoms with Crippen LogP contribution in [0.4, 0.5) is 11.5 Å². The Hall–Kier alpha value is -1.14. The summed E-state index contributed by atoms with van der Waals surface area (Å²) in [6.45, 7) is 0. The van der Waals surface area contributed by atoms with E-state index in [9.17, 15) is 0 Å². The van der Waals surface area contributed by atoms with Crippen molar-refractivity contribution >= 4 is 43.4 Å². The van der Waals surface area contributed by atoms with Crippen LogP contribution in [0.25, 0.3) is 0 Å². The summed E-state index contributed by atoms with van der Waals surface area (Å²) in [7, 11) is 1.65. The van der Waals surface area contributed by atoms with Gasteiger partial charge in [-0.05, 0) is 47.0 Å². The van der Waals surface area contributed by atoms with Crippen LogP contribution in [0.2, 0.25) is 0 Å². The third kappa shape index (κ3) is 3.12. The van der Waals surface area contributed by atoms with E-state index < -0.39 is 0 Å². The molecule has 1 aromatic carbocycles. The number of benzene rings is 1. The van der Waals surface area contributed by atoms with Crippen molar-refractivity contribution in [1.29, 1.82) is 0 Å². The lowest BCUT2D eigenvalue weighted by Crippen LogP contribution is -2.01. The van der Waals surface area contributed by atoms with Crippen LogP contribution in [-0.2, 0) is 0 Å². The van der Waals surface area contributed by atoms with Gasteiger partial charge in [0.05, 0.1) is 12.8 Å². The molecule has 1 heterocycles. The summed E-state index contributed by atoms with van der Waals surface area (Å²) in [6.07, 6.45) is 2.35. The van der Waals surface area contributed by atoms with Gasteiger partial charge in [-0.15, -0.1) is 0 Å². The smallest absolute Gasteiger partial charge is 0.142 e. The molecule has 0 bridgehead atoms. The number of nitrogens with one attached hydrogen (secondary N) is 1. The lowest BCUT2D eigenvalue weighted by molar-refractivity contribution is 0.416. The van der Waals surface area contributed by atoms with Crippen LogP contribution in [0.15, 0.2) is 33.3 Å². The summed E-state index contributed by atoms with van der Waals surface area (Å²) < 4.78 is 7.13. The van der Waals surface area contributed by atoms with Gasteiger partial charge in [-0.1, -0.05) is 15.9 Å². The molecule has 1 aromatic heterocycles. The molecule has 0 atom stereocenters. The third-order valence-corrected chi connectivity index (χ3v) is 3.98. The summed E-state index contributed by atoms with van der Waals surface area (Å²) in [6, 6.07) is 7.68. The van der Waals surface area contributed by atoms with E-state index in [4.69, 9.17) is 4.74 Å². The largest absolute Gasteiger partial charge is 0.495 e. The quantitative estimate of drug-likeness (QED) is 0.762. The molecule has 1 aliphatic rings. The van der Waals surface area contributed by atoms with E-state index in [1.165, 1.54) is 12.8 Å². The van der Waals surface area contributed by atoms with Crippen LogP contribution in [-0.4, -0.2) is 17.1 Å². The zero-order chi connectivity index (χ0) is 14.1. The standard InChI is InChI=1S/C14H13Br2N3O/c1-20-11-5-4-9(15)6-10(11)17-13-7-12(16)18-14(19-13)8-2-3-8/h4-8H,2-3H2,1H3,(H,17,18,19). The van der Waals surface area contributed by atoms with Crippen molar-refractivity contribution in [2.24, 2.45) is 0 Å².